The molecule has 0 aromatic carbocycles. The van der Waals surface area contributed by atoms with Crippen LogP contribution in [0.4, 0.5) is 0 Å². The molecule has 0 saturated heterocycles. The molecule has 0 fully saturated rings. The zero-order chi connectivity index (χ0) is 8.91. The zero-order valence-corrected chi connectivity index (χ0v) is 9.87. The van der Waals surface area contributed by atoms with Crippen LogP contribution in [0.15, 0.2) is 0 Å². The van der Waals surface area contributed by atoms with E-state index in [1.54, 1.807) is 0 Å². The van der Waals surface area contributed by atoms with E-state index in [0.29, 0.717) is 0 Å². The summed E-state index contributed by atoms with van der Waals surface area (Å²) >= 11 is 6.51. The van der Waals surface area contributed by atoms with Gasteiger partial charge in [0.05, 0.1) is 0 Å². The Morgan fingerprint density at radius 3 is 2.45 bits per heavy atom. The van der Waals surface area contributed by atoms with Crippen molar-refractivity contribution in [3.8, 4) is 0 Å². The highest BCUT2D eigenvalue weighted by atomic mass is 79.9. The fourth-order valence-electron chi connectivity index (χ4n) is 0.644. The van der Waals surface area contributed by atoms with Crippen LogP contribution in [0.2, 0.25) is 0 Å². The van der Waals surface area contributed by atoms with Gasteiger partial charge in [-0.1, -0.05) is 13.3 Å². The summed E-state index contributed by atoms with van der Waals surface area (Å²) in [5.74, 6) is -0.283. The summed E-state index contributed by atoms with van der Waals surface area (Å²) in [6, 6.07) is 0. The van der Waals surface area contributed by atoms with Gasteiger partial charge in [0.1, 0.15) is 0 Å². The number of unbranched alkanes of at least 4 members (excludes halogenated alkanes) is 1. The Morgan fingerprint density at radius 1 is 1.55 bits per heavy atom. The molecule has 0 amide bonds. The van der Waals surface area contributed by atoms with E-state index in [2.05, 4.69) is 38.8 Å². The van der Waals surface area contributed by atoms with Gasteiger partial charge in [-0.2, -0.15) is 0 Å². The van der Waals surface area contributed by atoms with Gasteiger partial charge in [-0.15, -0.1) is 0 Å². The predicted molar refractivity (Wildman–Crippen MR) is 51.9 cm³/mol. The molecule has 0 saturated carbocycles. The molecule has 0 radical (unpaired) electrons. The van der Waals surface area contributed by atoms with Gasteiger partial charge in [0, 0.05) is 13.3 Å². The van der Waals surface area contributed by atoms with Gasteiger partial charge in [0.25, 0.3) is 0 Å². The maximum Gasteiger partial charge on any atom is 0.304 e. The standard InChI is InChI=1S/C7H12Br2O2/c1-3-4-5-7(8,9)11-6(2)10/h3-5H2,1-2H3. The Morgan fingerprint density at radius 2 is 2.09 bits per heavy atom. The number of rotatable bonds is 4. The van der Waals surface area contributed by atoms with Crippen LogP contribution in [-0.2, 0) is 9.53 Å². The van der Waals surface area contributed by atoms with Crippen LogP contribution in [-0.4, -0.2) is 9.39 Å². The highest BCUT2D eigenvalue weighted by Gasteiger charge is 2.24. The van der Waals surface area contributed by atoms with Crippen molar-refractivity contribution in [1.29, 1.82) is 0 Å². The van der Waals surface area contributed by atoms with E-state index < -0.39 is 3.42 Å². The van der Waals surface area contributed by atoms with Crippen molar-refractivity contribution in [3.05, 3.63) is 0 Å². The van der Waals surface area contributed by atoms with Crippen LogP contribution in [0.1, 0.15) is 33.1 Å². The lowest BCUT2D eigenvalue weighted by Crippen LogP contribution is -2.19. The summed E-state index contributed by atoms with van der Waals surface area (Å²) in [7, 11) is 0. The average Bonchev–Trinajstić information content (AvgIpc) is 1.81. The third-order valence-corrected chi connectivity index (χ3v) is 2.23. The number of carbonyl (C=O) groups excluding carboxylic acids is 1. The van der Waals surface area contributed by atoms with Crippen molar-refractivity contribution >= 4 is 37.8 Å². The molecule has 2 nitrogen and oxygen atoms in total. The summed E-state index contributed by atoms with van der Waals surface area (Å²) in [6.45, 7) is 3.48. The molecule has 0 aliphatic rings. The second-order valence-electron chi connectivity index (χ2n) is 2.33. The zero-order valence-electron chi connectivity index (χ0n) is 6.69. The van der Waals surface area contributed by atoms with E-state index >= 15 is 0 Å². The molecular formula is C7H12Br2O2. The Kier molecular flexibility index (Phi) is 5.34. The minimum Gasteiger partial charge on any atom is -0.437 e. The SMILES string of the molecule is CCCCC(Br)(Br)OC(C)=O. The number of alkyl halides is 2. The first-order valence-electron chi connectivity index (χ1n) is 3.55. The van der Waals surface area contributed by atoms with Gasteiger partial charge in [-0.3, -0.25) is 4.79 Å². The predicted octanol–water partition coefficient (Wildman–Crippen LogP) is 3.18. The second kappa shape index (κ2) is 5.14. The number of carbonyl (C=O) groups is 1. The summed E-state index contributed by atoms with van der Waals surface area (Å²) in [6.07, 6.45) is 2.88. The maximum absolute atomic E-state index is 10.5. The van der Waals surface area contributed by atoms with Crippen LogP contribution in [0.3, 0.4) is 0 Å². The van der Waals surface area contributed by atoms with Crippen molar-refractivity contribution in [2.24, 2.45) is 0 Å². The van der Waals surface area contributed by atoms with Crippen molar-refractivity contribution in [3.63, 3.8) is 0 Å². The van der Waals surface area contributed by atoms with Gasteiger partial charge < -0.3 is 4.74 Å². The fourth-order valence-corrected chi connectivity index (χ4v) is 1.66. The smallest absolute Gasteiger partial charge is 0.304 e. The molecule has 0 spiro atoms. The lowest BCUT2D eigenvalue weighted by atomic mass is 10.3. The van der Waals surface area contributed by atoms with Crippen LogP contribution in [0, 0.1) is 0 Å². The second-order valence-corrected chi connectivity index (χ2v) is 5.96. The molecule has 0 rings (SSSR count). The highest BCUT2D eigenvalue weighted by Crippen LogP contribution is 2.33. The third-order valence-electron chi connectivity index (χ3n) is 1.11. The monoisotopic (exact) mass is 286 g/mol. The Hall–Kier alpha value is 0.430. The quantitative estimate of drug-likeness (QED) is 0.586. The van der Waals surface area contributed by atoms with Crippen molar-refractivity contribution in [2.45, 2.75) is 36.5 Å². The van der Waals surface area contributed by atoms with E-state index in [0.717, 1.165) is 19.3 Å². The van der Waals surface area contributed by atoms with Crippen molar-refractivity contribution in [1.82, 2.24) is 0 Å². The number of esters is 1. The third kappa shape index (κ3) is 6.81. The Balaban J connectivity index is 3.70. The molecule has 0 bridgehead atoms. The lowest BCUT2D eigenvalue weighted by molar-refractivity contribution is -0.143. The van der Waals surface area contributed by atoms with Gasteiger partial charge in [0.2, 0.25) is 3.42 Å². The van der Waals surface area contributed by atoms with Crippen molar-refractivity contribution in [2.75, 3.05) is 0 Å². The molecule has 66 valence electrons. The summed E-state index contributed by atoms with van der Waals surface area (Å²) in [4.78, 5) is 10.5. The molecule has 0 aliphatic carbocycles. The molecule has 0 aromatic heterocycles. The van der Waals surface area contributed by atoms with Crippen LogP contribution in [0.5, 0.6) is 0 Å². The Bertz CT molecular complexity index is 134. The van der Waals surface area contributed by atoms with E-state index in [9.17, 15) is 4.79 Å². The van der Waals surface area contributed by atoms with E-state index in [4.69, 9.17) is 4.74 Å². The fraction of sp³-hybridized carbons (Fsp3) is 0.857. The van der Waals surface area contributed by atoms with E-state index in [1.165, 1.54) is 6.92 Å². The minimum atomic E-state index is -0.651. The van der Waals surface area contributed by atoms with Crippen molar-refractivity contribution < 1.29 is 9.53 Å². The van der Waals surface area contributed by atoms with Gasteiger partial charge in [0.15, 0.2) is 0 Å². The largest absolute Gasteiger partial charge is 0.437 e. The van der Waals surface area contributed by atoms with Gasteiger partial charge in [-0.05, 0) is 38.3 Å². The number of hydrogen-bond acceptors (Lipinski definition) is 2. The minimum absolute atomic E-state index is 0.283. The van der Waals surface area contributed by atoms with Crippen LogP contribution < -0.4 is 0 Å². The molecule has 4 heteroatoms. The first-order valence-corrected chi connectivity index (χ1v) is 5.14. The first kappa shape index (κ1) is 11.4. The molecule has 0 aromatic rings. The summed E-state index contributed by atoms with van der Waals surface area (Å²) in [5, 5.41) is 0. The molecule has 11 heavy (non-hydrogen) atoms. The first-order chi connectivity index (χ1) is 4.98. The number of hydrogen-bond donors (Lipinski definition) is 0. The van der Waals surface area contributed by atoms with Gasteiger partial charge in [-0.25, -0.2) is 0 Å². The Labute approximate surface area is 83.9 Å². The topological polar surface area (TPSA) is 26.3 Å². The molecular weight excluding hydrogens is 276 g/mol. The molecule has 0 unspecified atom stereocenters. The molecule has 0 atom stereocenters. The molecule has 0 N–H and O–H groups in total. The lowest BCUT2D eigenvalue weighted by Gasteiger charge is -2.19. The molecule has 0 aliphatic heterocycles. The summed E-state index contributed by atoms with van der Waals surface area (Å²) < 4.78 is 4.28. The van der Waals surface area contributed by atoms with Crippen LogP contribution in [0.25, 0.3) is 0 Å². The number of halogens is 2. The normalized spacial score (nSPS) is 11.3. The summed E-state index contributed by atoms with van der Waals surface area (Å²) in [5.41, 5.74) is 0. The highest BCUT2D eigenvalue weighted by molar-refractivity contribution is 9.25. The van der Waals surface area contributed by atoms with E-state index in [1.807, 2.05) is 0 Å². The van der Waals surface area contributed by atoms with Crippen LogP contribution >= 0.6 is 31.9 Å². The number of ether oxygens (including phenoxy) is 1. The maximum atomic E-state index is 10.5. The van der Waals surface area contributed by atoms with Gasteiger partial charge >= 0.3 is 5.97 Å². The molecule has 0 heterocycles. The van der Waals surface area contributed by atoms with E-state index in [-0.39, 0.29) is 5.97 Å². The average molecular weight is 288 g/mol.